The summed E-state index contributed by atoms with van der Waals surface area (Å²) >= 11 is 7.90. The number of aryl methyl sites for hydroxylation is 1. The van der Waals surface area contributed by atoms with Gasteiger partial charge in [0.15, 0.2) is 0 Å². The van der Waals surface area contributed by atoms with Crippen LogP contribution in [0.2, 0.25) is 5.02 Å². The fraction of sp³-hybridized carbons (Fsp3) is 0.333. The van der Waals surface area contributed by atoms with Crippen LogP contribution in [-0.2, 0) is 6.42 Å². The van der Waals surface area contributed by atoms with Crippen molar-refractivity contribution in [3.63, 3.8) is 0 Å². The molecule has 1 aromatic carbocycles. The van der Waals surface area contributed by atoms with Crippen LogP contribution in [0, 0.1) is 0 Å². The third kappa shape index (κ3) is 2.94. The molecule has 2 rings (SSSR count). The molecule has 0 spiro atoms. The fourth-order valence-corrected chi connectivity index (χ4v) is 3.56. The van der Waals surface area contributed by atoms with Crippen LogP contribution in [0.4, 0.5) is 0 Å². The van der Waals surface area contributed by atoms with Crippen LogP contribution in [0.5, 0.6) is 5.75 Å². The number of methoxy groups -OCH3 is 1. The quantitative estimate of drug-likeness (QED) is 0.889. The van der Waals surface area contributed by atoms with E-state index < -0.39 is 0 Å². The molecule has 1 atom stereocenters. The second-order valence-electron chi connectivity index (χ2n) is 4.27. The number of thiophene rings is 1. The van der Waals surface area contributed by atoms with Crippen LogP contribution >= 0.6 is 22.9 Å². The molecule has 0 saturated carbocycles. The van der Waals surface area contributed by atoms with Gasteiger partial charge >= 0.3 is 0 Å². The van der Waals surface area contributed by atoms with Gasteiger partial charge < -0.3 is 10.1 Å². The molecule has 2 aromatic rings. The Bertz CT molecular complexity index is 553. The van der Waals surface area contributed by atoms with E-state index in [9.17, 15) is 0 Å². The smallest absolute Gasteiger partial charge is 0.124 e. The van der Waals surface area contributed by atoms with Crippen LogP contribution in [0.15, 0.2) is 29.6 Å². The highest BCUT2D eigenvalue weighted by atomic mass is 35.5. The Hall–Kier alpha value is -1.03. The molecule has 0 aliphatic heterocycles. The average Bonchev–Trinajstić information content (AvgIpc) is 2.88. The van der Waals surface area contributed by atoms with Gasteiger partial charge in [-0.25, -0.2) is 0 Å². The maximum Gasteiger partial charge on any atom is 0.124 e. The Balaban J connectivity index is 2.50. The molecule has 0 aliphatic carbocycles. The summed E-state index contributed by atoms with van der Waals surface area (Å²) in [7, 11) is 3.65. The van der Waals surface area contributed by atoms with E-state index in [0.717, 1.165) is 22.8 Å². The molecule has 1 heterocycles. The number of rotatable bonds is 5. The first-order valence-corrected chi connectivity index (χ1v) is 7.54. The van der Waals surface area contributed by atoms with Crippen LogP contribution in [0.3, 0.4) is 0 Å². The SMILES string of the molecule is CCc1ccsc1C(NC)c1cc(Cl)ccc1OC. The van der Waals surface area contributed by atoms with Gasteiger partial charge in [-0.2, -0.15) is 0 Å². The lowest BCUT2D eigenvalue weighted by Gasteiger charge is -2.20. The van der Waals surface area contributed by atoms with Crippen LogP contribution in [-0.4, -0.2) is 14.2 Å². The molecule has 2 nitrogen and oxygen atoms in total. The van der Waals surface area contributed by atoms with E-state index >= 15 is 0 Å². The minimum Gasteiger partial charge on any atom is -0.496 e. The van der Waals surface area contributed by atoms with E-state index in [2.05, 4.69) is 23.7 Å². The summed E-state index contributed by atoms with van der Waals surface area (Å²) in [4.78, 5) is 1.32. The largest absolute Gasteiger partial charge is 0.496 e. The summed E-state index contributed by atoms with van der Waals surface area (Å²) in [5.41, 5.74) is 2.45. The monoisotopic (exact) mass is 295 g/mol. The topological polar surface area (TPSA) is 21.3 Å². The molecule has 1 unspecified atom stereocenters. The van der Waals surface area contributed by atoms with Crippen LogP contribution < -0.4 is 10.1 Å². The van der Waals surface area contributed by atoms with Gasteiger partial charge in [-0.1, -0.05) is 18.5 Å². The van der Waals surface area contributed by atoms with Gasteiger partial charge in [0.05, 0.1) is 13.2 Å². The summed E-state index contributed by atoms with van der Waals surface area (Å²) < 4.78 is 5.46. The average molecular weight is 296 g/mol. The van der Waals surface area contributed by atoms with Gasteiger partial charge in [0, 0.05) is 15.5 Å². The predicted octanol–water partition coefficient (Wildman–Crippen LogP) is 4.28. The second-order valence-corrected chi connectivity index (χ2v) is 5.66. The first-order valence-electron chi connectivity index (χ1n) is 6.28. The number of nitrogens with one attached hydrogen (secondary N) is 1. The molecular formula is C15H18ClNOS. The molecule has 0 aliphatic rings. The van der Waals surface area contributed by atoms with Crippen molar-refractivity contribution in [2.45, 2.75) is 19.4 Å². The fourth-order valence-electron chi connectivity index (χ4n) is 2.25. The summed E-state index contributed by atoms with van der Waals surface area (Å²) in [5.74, 6) is 0.860. The van der Waals surface area contributed by atoms with Crippen LogP contribution in [0.1, 0.15) is 29.0 Å². The molecule has 0 bridgehead atoms. The highest BCUT2D eigenvalue weighted by Gasteiger charge is 2.20. The number of benzene rings is 1. The van der Waals surface area contributed by atoms with Gasteiger partial charge in [-0.15, -0.1) is 11.3 Å². The minimum atomic E-state index is 0.114. The summed E-state index contributed by atoms with van der Waals surface area (Å²) in [6.45, 7) is 2.17. The van der Waals surface area contributed by atoms with Crippen molar-refractivity contribution in [1.29, 1.82) is 0 Å². The number of halogens is 1. The minimum absolute atomic E-state index is 0.114. The zero-order valence-corrected chi connectivity index (χ0v) is 12.9. The van der Waals surface area contributed by atoms with E-state index in [-0.39, 0.29) is 6.04 Å². The Morgan fingerprint density at radius 1 is 1.37 bits per heavy atom. The highest BCUT2D eigenvalue weighted by Crippen LogP contribution is 2.36. The number of hydrogen-bond donors (Lipinski definition) is 1. The van der Waals surface area contributed by atoms with Crippen molar-refractivity contribution < 1.29 is 4.74 Å². The maximum absolute atomic E-state index is 6.13. The Morgan fingerprint density at radius 3 is 2.79 bits per heavy atom. The van der Waals surface area contributed by atoms with Crippen molar-refractivity contribution in [2.75, 3.05) is 14.2 Å². The molecule has 4 heteroatoms. The van der Waals surface area contributed by atoms with Crippen molar-refractivity contribution >= 4 is 22.9 Å². The van der Waals surface area contributed by atoms with E-state index in [0.29, 0.717) is 0 Å². The third-order valence-electron chi connectivity index (χ3n) is 3.22. The second kappa shape index (κ2) is 6.42. The Labute approximate surface area is 123 Å². The molecule has 19 heavy (non-hydrogen) atoms. The highest BCUT2D eigenvalue weighted by molar-refractivity contribution is 7.10. The molecule has 0 amide bonds. The standard InChI is InChI=1S/C15H18ClNOS/c1-4-10-7-8-19-15(10)14(17-2)12-9-11(16)5-6-13(12)18-3/h5-9,14,17H,4H2,1-3H3. The summed E-state index contributed by atoms with van der Waals surface area (Å²) in [6, 6.07) is 8.04. The maximum atomic E-state index is 6.13. The molecule has 1 N–H and O–H groups in total. The van der Waals surface area contributed by atoms with Crippen molar-refractivity contribution in [1.82, 2.24) is 5.32 Å². The summed E-state index contributed by atoms with van der Waals surface area (Å²) in [5, 5.41) is 6.23. The molecule has 0 radical (unpaired) electrons. The third-order valence-corrected chi connectivity index (χ3v) is 4.47. The van der Waals surface area contributed by atoms with Gasteiger partial charge in [-0.3, -0.25) is 0 Å². The Morgan fingerprint density at radius 2 is 2.16 bits per heavy atom. The first kappa shape index (κ1) is 14.4. The zero-order chi connectivity index (χ0) is 13.8. The van der Waals surface area contributed by atoms with E-state index in [1.165, 1.54) is 10.4 Å². The van der Waals surface area contributed by atoms with E-state index in [1.807, 2.05) is 25.2 Å². The molecule has 0 saturated heterocycles. The lowest BCUT2D eigenvalue weighted by molar-refractivity contribution is 0.405. The van der Waals surface area contributed by atoms with Crippen LogP contribution in [0.25, 0.3) is 0 Å². The molecular weight excluding hydrogens is 278 g/mol. The number of ether oxygens (including phenoxy) is 1. The number of hydrogen-bond acceptors (Lipinski definition) is 3. The zero-order valence-electron chi connectivity index (χ0n) is 11.4. The van der Waals surface area contributed by atoms with E-state index in [1.54, 1.807) is 18.4 Å². The van der Waals surface area contributed by atoms with Crippen molar-refractivity contribution in [2.24, 2.45) is 0 Å². The Kier molecular flexibility index (Phi) is 4.86. The molecule has 102 valence electrons. The van der Waals surface area contributed by atoms with Gasteiger partial charge in [0.25, 0.3) is 0 Å². The van der Waals surface area contributed by atoms with Gasteiger partial charge in [-0.05, 0) is 48.7 Å². The first-order chi connectivity index (χ1) is 9.21. The lowest BCUT2D eigenvalue weighted by atomic mass is 10.0. The molecule has 0 fully saturated rings. The van der Waals surface area contributed by atoms with E-state index in [4.69, 9.17) is 16.3 Å². The van der Waals surface area contributed by atoms with Crippen molar-refractivity contribution in [3.8, 4) is 5.75 Å². The molecule has 1 aromatic heterocycles. The van der Waals surface area contributed by atoms with Gasteiger partial charge in [0.1, 0.15) is 5.75 Å². The lowest BCUT2D eigenvalue weighted by Crippen LogP contribution is -2.18. The van der Waals surface area contributed by atoms with Gasteiger partial charge in [0.2, 0.25) is 0 Å². The normalized spacial score (nSPS) is 12.4. The van der Waals surface area contributed by atoms with Crippen molar-refractivity contribution in [3.05, 3.63) is 50.7 Å². The predicted molar refractivity (Wildman–Crippen MR) is 82.6 cm³/mol. The summed E-state index contributed by atoms with van der Waals surface area (Å²) in [6.07, 6.45) is 1.03.